The van der Waals surface area contributed by atoms with E-state index in [1.807, 2.05) is 11.8 Å². The number of halogens is 1. The van der Waals surface area contributed by atoms with E-state index in [0.717, 1.165) is 57.4 Å². The topological polar surface area (TPSA) is 46.1 Å². The number of hydrogen-bond donors (Lipinski definition) is 1. The maximum atomic E-state index is 6.01. The summed E-state index contributed by atoms with van der Waals surface area (Å²) in [6.07, 6.45) is 2.35. The van der Waals surface area contributed by atoms with Crippen molar-refractivity contribution in [2.24, 2.45) is 4.99 Å². The van der Waals surface area contributed by atoms with Gasteiger partial charge in [0.25, 0.3) is 0 Å². The first kappa shape index (κ1) is 24.8. The van der Waals surface area contributed by atoms with Crippen molar-refractivity contribution in [3.8, 4) is 0 Å². The van der Waals surface area contributed by atoms with Gasteiger partial charge in [-0.1, -0.05) is 24.3 Å². The van der Waals surface area contributed by atoms with E-state index in [1.54, 1.807) is 0 Å². The van der Waals surface area contributed by atoms with Crippen LogP contribution in [0, 0.1) is 0 Å². The zero-order valence-corrected chi connectivity index (χ0v) is 21.1. The third-order valence-corrected chi connectivity index (χ3v) is 6.45. The van der Waals surface area contributed by atoms with Crippen LogP contribution in [0.2, 0.25) is 0 Å². The zero-order chi connectivity index (χ0) is 19.8. The fraction of sp³-hybridized carbons (Fsp3) is 0.682. The van der Waals surface area contributed by atoms with Gasteiger partial charge in [-0.15, -0.1) is 24.0 Å². The van der Waals surface area contributed by atoms with Gasteiger partial charge in [-0.05, 0) is 44.7 Å². The number of ether oxygens (including phenoxy) is 2. The van der Waals surface area contributed by atoms with Gasteiger partial charge < -0.3 is 19.7 Å². The summed E-state index contributed by atoms with van der Waals surface area (Å²) < 4.78 is 11.7. The smallest absolute Gasteiger partial charge is 0.194 e. The molecule has 3 rings (SSSR count). The van der Waals surface area contributed by atoms with E-state index >= 15 is 0 Å². The third-order valence-electron chi connectivity index (χ3n) is 5.15. The van der Waals surface area contributed by atoms with Gasteiger partial charge in [0, 0.05) is 43.3 Å². The second kappa shape index (κ2) is 12.4. The van der Waals surface area contributed by atoms with Crippen LogP contribution >= 0.6 is 35.7 Å². The quantitative estimate of drug-likeness (QED) is 0.336. The van der Waals surface area contributed by atoms with Crippen LogP contribution < -0.4 is 5.32 Å². The van der Waals surface area contributed by atoms with Crippen molar-refractivity contribution in [1.82, 2.24) is 10.2 Å². The minimum atomic E-state index is 0. The molecule has 2 heterocycles. The van der Waals surface area contributed by atoms with E-state index in [4.69, 9.17) is 14.5 Å². The van der Waals surface area contributed by atoms with Crippen molar-refractivity contribution < 1.29 is 9.47 Å². The Labute approximate surface area is 197 Å². The van der Waals surface area contributed by atoms with Crippen LogP contribution in [0.1, 0.15) is 44.7 Å². The normalized spacial score (nSPS) is 20.2. The predicted molar refractivity (Wildman–Crippen MR) is 133 cm³/mol. The summed E-state index contributed by atoms with van der Waals surface area (Å²) in [5.41, 5.74) is 2.46. The molecule has 0 amide bonds. The number of nitrogens with one attached hydrogen (secondary N) is 1. The molecule has 164 valence electrons. The molecule has 0 radical (unpaired) electrons. The maximum Gasteiger partial charge on any atom is 0.194 e. The molecule has 0 spiro atoms. The van der Waals surface area contributed by atoms with Crippen LogP contribution in [0.3, 0.4) is 0 Å². The number of thioether (sulfide) groups is 1. The van der Waals surface area contributed by atoms with Gasteiger partial charge in [0.2, 0.25) is 0 Å². The van der Waals surface area contributed by atoms with Crippen molar-refractivity contribution >= 4 is 41.7 Å². The van der Waals surface area contributed by atoms with Gasteiger partial charge >= 0.3 is 0 Å². The Bertz CT molecular complexity index is 633. The van der Waals surface area contributed by atoms with Gasteiger partial charge in [0.05, 0.1) is 19.3 Å². The van der Waals surface area contributed by atoms with Crippen LogP contribution in [0.4, 0.5) is 0 Å². The summed E-state index contributed by atoms with van der Waals surface area (Å²) in [6.45, 7) is 12.8. The van der Waals surface area contributed by atoms with E-state index < -0.39 is 0 Å². The second-order valence-electron chi connectivity index (χ2n) is 8.14. The molecule has 0 atom stereocenters. The van der Waals surface area contributed by atoms with Crippen LogP contribution in [0.15, 0.2) is 29.3 Å². The Balaban J connectivity index is 0.00000300. The number of guanidine groups is 1. The molecular weight excluding hydrogens is 497 g/mol. The lowest BCUT2D eigenvalue weighted by Gasteiger charge is -2.39. The monoisotopic (exact) mass is 533 g/mol. The number of rotatable bonds is 6. The highest BCUT2D eigenvalue weighted by molar-refractivity contribution is 14.0. The van der Waals surface area contributed by atoms with Crippen LogP contribution in [0.25, 0.3) is 0 Å². The van der Waals surface area contributed by atoms with E-state index in [2.05, 4.69) is 55.3 Å². The fourth-order valence-corrected chi connectivity index (χ4v) is 4.70. The molecule has 0 aliphatic carbocycles. The molecule has 0 aromatic heterocycles. The molecule has 1 aromatic rings. The second-order valence-corrected chi connectivity index (χ2v) is 9.94. The third kappa shape index (κ3) is 8.26. The molecule has 2 aliphatic rings. The minimum absolute atomic E-state index is 0. The molecule has 7 heteroatoms. The van der Waals surface area contributed by atoms with Crippen molar-refractivity contribution in [2.75, 3.05) is 38.6 Å². The van der Waals surface area contributed by atoms with Crippen molar-refractivity contribution in [3.05, 3.63) is 35.4 Å². The SMILES string of the molecule is CCNC(=NCc1ccc(COC2CCOCC2)cc1)N1CCSC(C)(C)C1.I. The highest BCUT2D eigenvalue weighted by atomic mass is 127. The van der Waals surface area contributed by atoms with Gasteiger partial charge in [-0.3, -0.25) is 0 Å². The Morgan fingerprint density at radius 3 is 2.59 bits per heavy atom. The molecule has 2 saturated heterocycles. The van der Waals surface area contributed by atoms with E-state index in [0.29, 0.717) is 19.3 Å². The molecule has 2 fully saturated rings. The van der Waals surface area contributed by atoms with E-state index in [9.17, 15) is 0 Å². The van der Waals surface area contributed by atoms with Crippen molar-refractivity contribution in [3.63, 3.8) is 0 Å². The first-order valence-electron chi connectivity index (χ1n) is 10.5. The molecule has 0 saturated carbocycles. The number of hydrogen-bond acceptors (Lipinski definition) is 4. The maximum absolute atomic E-state index is 6.01. The van der Waals surface area contributed by atoms with E-state index in [-0.39, 0.29) is 28.7 Å². The van der Waals surface area contributed by atoms with Crippen LogP contribution in [0.5, 0.6) is 0 Å². The summed E-state index contributed by atoms with van der Waals surface area (Å²) in [5, 5.41) is 3.46. The molecule has 1 aromatic carbocycles. The van der Waals surface area contributed by atoms with Gasteiger partial charge in [-0.2, -0.15) is 11.8 Å². The largest absolute Gasteiger partial charge is 0.381 e. The van der Waals surface area contributed by atoms with E-state index in [1.165, 1.54) is 11.1 Å². The lowest BCUT2D eigenvalue weighted by Crippen LogP contribution is -2.50. The minimum Gasteiger partial charge on any atom is -0.381 e. The molecule has 29 heavy (non-hydrogen) atoms. The fourth-order valence-electron chi connectivity index (χ4n) is 3.59. The molecule has 2 aliphatic heterocycles. The Morgan fingerprint density at radius 1 is 1.24 bits per heavy atom. The summed E-state index contributed by atoms with van der Waals surface area (Å²) in [5.74, 6) is 2.18. The van der Waals surface area contributed by atoms with Crippen molar-refractivity contribution in [2.45, 2.75) is 57.6 Å². The summed E-state index contributed by atoms with van der Waals surface area (Å²) >= 11 is 2.05. The highest BCUT2D eigenvalue weighted by Crippen LogP contribution is 2.29. The number of nitrogens with zero attached hydrogens (tertiary/aromatic N) is 2. The van der Waals surface area contributed by atoms with Crippen LogP contribution in [-0.4, -0.2) is 60.3 Å². The number of benzene rings is 1. The van der Waals surface area contributed by atoms with Gasteiger partial charge in [0.1, 0.15) is 0 Å². The Morgan fingerprint density at radius 2 is 1.93 bits per heavy atom. The molecule has 5 nitrogen and oxygen atoms in total. The highest BCUT2D eigenvalue weighted by Gasteiger charge is 2.28. The van der Waals surface area contributed by atoms with Gasteiger partial charge in [-0.25, -0.2) is 4.99 Å². The summed E-state index contributed by atoms with van der Waals surface area (Å²) in [6, 6.07) is 8.67. The van der Waals surface area contributed by atoms with Crippen molar-refractivity contribution in [1.29, 1.82) is 0 Å². The first-order chi connectivity index (χ1) is 13.6. The molecule has 0 bridgehead atoms. The van der Waals surface area contributed by atoms with Gasteiger partial charge in [0.15, 0.2) is 5.96 Å². The standard InChI is InChI=1S/C22H35N3O2S.HI/c1-4-23-21(25-11-14-28-22(2,3)17-25)24-15-18-5-7-19(8-6-18)16-27-20-9-12-26-13-10-20;/h5-8,20H,4,9-17H2,1-3H3,(H,23,24);1H. The summed E-state index contributed by atoms with van der Waals surface area (Å²) in [4.78, 5) is 7.30. The molecular formula is C22H36IN3O2S. The number of aliphatic imine (C=N–C) groups is 1. The average molecular weight is 534 g/mol. The zero-order valence-electron chi connectivity index (χ0n) is 18.0. The Kier molecular flexibility index (Phi) is 10.6. The lowest BCUT2D eigenvalue weighted by molar-refractivity contribution is -0.0390. The predicted octanol–water partition coefficient (Wildman–Crippen LogP) is 4.29. The Hall–Kier alpha value is -0.510. The first-order valence-corrected chi connectivity index (χ1v) is 11.5. The lowest BCUT2D eigenvalue weighted by atomic mass is 10.1. The van der Waals surface area contributed by atoms with Crippen LogP contribution in [-0.2, 0) is 22.6 Å². The molecule has 0 unspecified atom stereocenters. The average Bonchev–Trinajstić information content (AvgIpc) is 2.70. The summed E-state index contributed by atoms with van der Waals surface area (Å²) in [7, 11) is 0. The molecule has 1 N–H and O–H groups in total.